The fourth-order valence-electron chi connectivity index (χ4n) is 5.61. The molecule has 2 heterocycles. The van der Waals surface area contributed by atoms with Crippen molar-refractivity contribution in [3.63, 3.8) is 0 Å². The van der Waals surface area contributed by atoms with Crippen LogP contribution in [0, 0.1) is 0 Å². The maximum atomic E-state index is 4.91. The zero-order valence-electron chi connectivity index (χ0n) is 23.7. The van der Waals surface area contributed by atoms with Crippen LogP contribution < -0.4 is 0 Å². The number of hydrogen-bond donors (Lipinski definition) is 0. The molecule has 2 aromatic heterocycles. The molecular weight excluding hydrogens is 486 g/mol. The number of benzene rings is 4. The summed E-state index contributed by atoms with van der Waals surface area (Å²) in [4.78, 5) is 9.75. The van der Waals surface area contributed by atoms with Crippen molar-refractivity contribution < 1.29 is 0 Å². The van der Waals surface area contributed by atoms with Crippen LogP contribution in [0.4, 0.5) is 0 Å². The zero-order chi connectivity index (χ0) is 27.6. The number of fused-ring (bicyclic) bond motifs is 1. The Balaban J connectivity index is 1.33. The summed E-state index contributed by atoms with van der Waals surface area (Å²) in [6.07, 6.45) is 4.87. The highest BCUT2D eigenvalue weighted by atomic mass is 15.1. The highest BCUT2D eigenvalue weighted by molar-refractivity contribution is 5.81. The van der Waals surface area contributed by atoms with E-state index in [9.17, 15) is 0 Å². The predicted molar refractivity (Wildman–Crippen MR) is 167 cm³/mol. The summed E-state index contributed by atoms with van der Waals surface area (Å²) in [5.41, 5.74) is 10.8. The fraction of sp³-hybridized carbons (Fsp3) is 0.189. The molecule has 6 aromatic rings. The summed E-state index contributed by atoms with van der Waals surface area (Å²) in [5, 5.41) is 1.16. The van der Waals surface area contributed by atoms with E-state index in [-0.39, 0.29) is 0 Å². The Morgan fingerprint density at radius 3 is 2.02 bits per heavy atom. The van der Waals surface area contributed by atoms with E-state index in [0.29, 0.717) is 11.8 Å². The molecule has 0 unspecified atom stereocenters. The Kier molecular flexibility index (Phi) is 7.04. The van der Waals surface area contributed by atoms with E-state index in [1.807, 2.05) is 12.3 Å². The van der Waals surface area contributed by atoms with Gasteiger partial charge in [0.25, 0.3) is 0 Å². The molecule has 4 aromatic carbocycles. The lowest BCUT2D eigenvalue weighted by Gasteiger charge is -2.22. The van der Waals surface area contributed by atoms with Gasteiger partial charge in [-0.1, -0.05) is 107 Å². The number of aromatic nitrogens is 3. The predicted octanol–water partition coefficient (Wildman–Crippen LogP) is 9.59. The lowest BCUT2D eigenvalue weighted by molar-refractivity contribution is 0.806. The maximum absolute atomic E-state index is 4.91. The molecule has 0 bridgehead atoms. The van der Waals surface area contributed by atoms with Gasteiger partial charge < -0.3 is 0 Å². The van der Waals surface area contributed by atoms with Crippen LogP contribution >= 0.6 is 0 Å². The molecule has 0 saturated carbocycles. The molecule has 0 N–H and O–H groups in total. The third-order valence-corrected chi connectivity index (χ3v) is 7.64. The normalized spacial score (nSPS) is 11.6. The van der Waals surface area contributed by atoms with Crippen LogP contribution in [0.5, 0.6) is 0 Å². The molecule has 0 amide bonds. The van der Waals surface area contributed by atoms with Crippen molar-refractivity contribution >= 4 is 10.9 Å². The molecule has 6 rings (SSSR count). The SMILES string of the molecule is CC(C)c1cccc(C(C)C)c1-n1ccnc1-c1cccc(Cc2cccc(-c3ccc4ccccc4n3)c2)c1. The van der Waals surface area contributed by atoms with E-state index in [4.69, 9.17) is 9.97 Å². The van der Waals surface area contributed by atoms with Gasteiger partial charge >= 0.3 is 0 Å². The zero-order valence-corrected chi connectivity index (χ0v) is 23.7. The summed E-state index contributed by atoms with van der Waals surface area (Å²) in [5.74, 6) is 1.81. The molecule has 0 radical (unpaired) electrons. The summed E-state index contributed by atoms with van der Waals surface area (Å²) >= 11 is 0. The quantitative estimate of drug-likeness (QED) is 0.209. The molecule has 0 spiro atoms. The topological polar surface area (TPSA) is 30.7 Å². The van der Waals surface area contributed by atoms with Gasteiger partial charge in [0.1, 0.15) is 5.82 Å². The summed E-state index contributed by atoms with van der Waals surface area (Å²) in [6, 6.07) is 36.8. The number of hydrogen-bond acceptors (Lipinski definition) is 2. The highest BCUT2D eigenvalue weighted by Gasteiger charge is 2.18. The van der Waals surface area contributed by atoms with Gasteiger partial charge in [0, 0.05) is 28.9 Å². The number of imidazole rings is 1. The van der Waals surface area contributed by atoms with E-state index < -0.39 is 0 Å². The standard InChI is InChI=1S/C37H35N3/c1-25(2)32-15-9-16-33(26(3)4)36(32)40-21-20-38-37(40)31-14-8-11-28(24-31)22-27-10-7-13-30(23-27)35-19-18-29-12-5-6-17-34(29)39-35/h5-21,23-26H,22H2,1-4H3. The molecule has 0 aliphatic heterocycles. The van der Waals surface area contributed by atoms with Crippen molar-refractivity contribution in [3.8, 4) is 28.3 Å². The van der Waals surface area contributed by atoms with E-state index in [1.54, 1.807) is 0 Å². The molecule has 0 aliphatic carbocycles. The van der Waals surface area contributed by atoms with Gasteiger partial charge in [-0.25, -0.2) is 9.97 Å². The van der Waals surface area contributed by atoms with Crippen LogP contribution in [0.15, 0.2) is 116 Å². The molecule has 0 aliphatic rings. The minimum Gasteiger partial charge on any atom is -0.299 e. The lowest BCUT2D eigenvalue weighted by atomic mass is 9.92. The average molecular weight is 522 g/mol. The minimum absolute atomic E-state index is 0.416. The number of pyridine rings is 1. The van der Waals surface area contributed by atoms with Gasteiger partial charge in [-0.05, 0) is 64.8 Å². The van der Waals surface area contributed by atoms with Crippen LogP contribution in [-0.4, -0.2) is 14.5 Å². The van der Waals surface area contributed by atoms with Crippen LogP contribution in [0.3, 0.4) is 0 Å². The van der Waals surface area contributed by atoms with E-state index in [0.717, 1.165) is 40.0 Å². The average Bonchev–Trinajstić information content (AvgIpc) is 3.46. The number of nitrogens with zero attached hydrogens (tertiary/aromatic N) is 3. The molecule has 3 nitrogen and oxygen atoms in total. The van der Waals surface area contributed by atoms with Gasteiger partial charge in [-0.15, -0.1) is 0 Å². The van der Waals surface area contributed by atoms with Crippen molar-refractivity contribution in [3.05, 3.63) is 138 Å². The first-order valence-electron chi connectivity index (χ1n) is 14.2. The monoisotopic (exact) mass is 521 g/mol. The summed E-state index contributed by atoms with van der Waals surface area (Å²) in [7, 11) is 0. The molecule has 0 atom stereocenters. The van der Waals surface area contributed by atoms with E-state index >= 15 is 0 Å². The third-order valence-electron chi connectivity index (χ3n) is 7.64. The van der Waals surface area contributed by atoms with Gasteiger partial charge in [0.15, 0.2) is 0 Å². The lowest BCUT2D eigenvalue weighted by Crippen LogP contribution is -2.07. The Morgan fingerprint density at radius 1 is 0.650 bits per heavy atom. The van der Waals surface area contributed by atoms with Gasteiger partial charge in [0.2, 0.25) is 0 Å². The third kappa shape index (κ3) is 5.08. The number of rotatable bonds is 7. The second-order valence-electron chi connectivity index (χ2n) is 11.2. The Labute approximate surface area is 237 Å². The molecule has 0 saturated heterocycles. The molecular formula is C37H35N3. The fourth-order valence-corrected chi connectivity index (χ4v) is 5.61. The summed E-state index contributed by atoms with van der Waals surface area (Å²) in [6.45, 7) is 9.06. The Hall–Kier alpha value is -4.50. The molecule has 40 heavy (non-hydrogen) atoms. The van der Waals surface area contributed by atoms with Crippen molar-refractivity contribution in [2.24, 2.45) is 0 Å². The van der Waals surface area contributed by atoms with Crippen LogP contribution in [-0.2, 0) is 6.42 Å². The first kappa shape index (κ1) is 25.8. The first-order valence-corrected chi connectivity index (χ1v) is 14.2. The van der Waals surface area contributed by atoms with Crippen LogP contribution in [0.2, 0.25) is 0 Å². The Bertz CT molecular complexity index is 1760. The van der Waals surface area contributed by atoms with Crippen molar-refractivity contribution in [2.75, 3.05) is 0 Å². The van der Waals surface area contributed by atoms with Crippen LogP contribution in [0.25, 0.3) is 39.2 Å². The first-order chi connectivity index (χ1) is 19.5. The van der Waals surface area contributed by atoms with Crippen molar-refractivity contribution in [1.82, 2.24) is 14.5 Å². The molecule has 0 fully saturated rings. The van der Waals surface area contributed by atoms with Crippen molar-refractivity contribution in [1.29, 1.82) is 0 Å². The van der Waals surface area contributed by atoms with Gasteiger partial charge in [-0.3, -0.25) is 4.57 Å². The summed E-state index contributed by atoms with van der Waals surface area (Å²) < 4.78 is 2.29. The smallest absolute Gasteiger partial charge is 0.144 e. The van der Waals surface area contributed by atoms with E-state index in [2.05, 4.69) is 136 Å². The van der Waals surface area contributed by atoms with E-state index in [1.165, 1.54) is 27.9 Å². The molecule has 3 heteroatoms. The highest BCUT2D eigenvalue weighted by Crippen LogP contribution is 2.34. The van der Waals surface area contributed by atoms with Crippen LogP contribution in [0.1, 0.15) is 61.8 Å². The van der Waals surface area contributed by atoms with Gasteiger partial charge in [-0.2, -0.15) is 0 Å². The second-order valence-corrected chi connectivity index (χ2v) is 11.2. The second kappa shape index (κ2) is 10.9. The molecule has 198 valence electrons. The minimum atomic E-state index is 0.416. The van der Waals surface area contributed by atoms with Gasteiger partial charge in [0.05, 0.1) is 16.9 Å². The number of para-hydroxylation sites is 2. The van der Waals surface area contributed by atoms with Crippen molar-refractivity contribution in [2.45, 2.75) is 46.0 Å². The Morgan fingerprint density at radius 2 is 1.30 bits per heavy atom. The maximum Gasteiger partial charge on any atom is 0.144 e. The largest absolute Gasteiger partial charge is 0.299 e.